The van der Waals surface area contributed by atoms with Gasteiger partial charge in [0.25, 0.3) is 11.6 Å². The largest absolute Gasteiger partial charge is 0.465 e. The number of nitrogens with zero attached hydrogens (tertiary/aromatic N) is 4. The molecule has 0 bridgehead atoms. The highest BCUT2D eigenvalue weighted by Gasteiger charge is 2.33. The molecule has 32 heavy (non-hydrogen) atoms. The highest BCUT2D eigenvalue weighted by atomic mass is 35.5. The van der Waals surface area contributed by atoms with Crippen molar-refractivity contribution in [1.82, 2.24) is 19.9 Å². The molecule has 9 heteroatoms. The molecule has 0 spiro atoms. The molecule has 0 saturated carbocycles. The molecular weight excluding hydrogens is 432 g/mol. The van der Waals surface area contributed by atoms with E-state index in [1.54, 1.807) is 36.9 Å². The number of carbonyl (C=O) groups excluding carboxylic acids is 2. The number of carbonyl (C=O) groups is 2. The molecule has 8 nitrogen and oxygen atoms in total. The van der Waals surface area contributed by atoms with E-state index in [9.17, 15) is 9.59 Å². The molecule has 168 valence electrons. The second-order valence-corrected chi connectivity index (χ2v) is 8.23. The molecule has 0 radical (unpaired) electrons. The monoisotopic (exact) mass is 456 g/mol. The number of aromatic nitrogens is 2. The minimum absolute atomic E-state index is 0.0920. The average molecular weight is 457 g/mol. The number of aryl methyl sites for hydroxylation is 2. The fraction of sp³-hybridized carbons (Fsp3) is 0.391. The van der Waals surface area contributed by atoms with Crippen molar-refractivity contribution in [2.45, 2.75) is 26.8 Å². The van der Waals surface area contributed by atoms with E-state index >= 15 is 0 Å². The Labute approximate surface area is 191 Å². The molecule has 1 unspecified atom stereocenters. The molecule has 3 heterocycles. The number of halogens is 1. The van der Waals surface area contributed by atoms with E-state index in [0.29, 0.717) is 65.9 Å². The number of esters is 1. The normalized spacial score (nSPS) is 15.7. The smallest absolute Gasteiger partial charge is 0.328 e. The Morgan fingerprint density at radius 1 is 1.16 bits per heavy atom. The number of amides is 1. The lowest BCUT2D eigenvalue weighted by atomic mass is 10.0. The Bertz CT molecular complexity index is 1140. The summed E-state index contributed by atoms with van der Waals surface area (Å²) >= 11 is 6.02. The van der Waals surface area contributed by atoms with E-state index in [0.717, 1.165) is 5.56 Å². The molecule has 1 atom stereocenters. The molecule has 2 aromatic heterocycles. The number of pyridine rings is 1. The van der Waals surface area contributed by atoms with Gasteiger partial charge in [0.15, 0.2) is 0 Å². The molecule has 1 aliphatic heterocycles. The van der Waals surface area contributed by atoms with Gasteiger partial charge < -0.3 is 14.2 Å². The highest BCUT2D eigenvalue weighted by molar-refractivity contribution is 6.30. The first-order valence-corrected chi connectivity index (χ1v) is 11.0. The number of hydrogen-bond donors (Lipinski definition) is 0. The first-order chi connectivity index (χ1) is 15.4. The van der Waals surface area contributed by atoms with Crippen LogP contribution in [0.3, 0.4) is 0 Å². The molecule has 4 rings (SSSR count). The number of rotatable bonds is 5. The van der Waals surface area contributed by atoms with Gasteiger partial charge in [-0.15, -0.1) is 0 Å². The van der Waals surface area contributed by atoms with Crippen LogP contribution in [0.1, 0.15) is 40.3 Å². The summed E-state index contributed by atoms with van der Waals surface area (Å²) in [4.78, 5) is 34.3. The van der Waals surface area contributed by atoms with Gasteiger partial charge in [-0.1, -0.05) is 28.9 Å². The number of hydrogen-bond acceptors (Lipinski definition) is 7. The third-order valence-electron chi connectivity index (χ3n) is 5.64. The van der Waals surface area contributed by atoms with Crippen LogP contribution in [0.25, 0.3) is 11.1 Å². The quantitative estimate of drug-likeness (QED) is 0.542. The van der Waals surface area contributed by atoms with Gasteiger partial charge in [-0.25, -0.2) is 9.78 Å². The van der Waals surface area contributed by atoms with Crippen molar-refractivity contribution in [1.29, 1.82) is 0 Å². The molecule has 1 fully saturated rings. The zero-order valence-electron chi connectivity index (χ0n) is 18.3. The lowest BCUT2D eigenvalue weighted by Crippen LogP contribution is -2.51. The van der Waals surface area contributed by atoms with Crippen LogP contribution in [0.4, 0.5) is 0 Å². The minimum atomic E-state index is -0.542. The van der Waals surface area contributed by atoms with Crippen molar-refractivity contribution in [2.75, 3.05) is 32.8 Å². The molecular formula is C23H25ClN4O4. The van der Waals surface area contributed by atoms with E-state index in [1.807, 2.05) is 24.0 Å². The second-order valence-electron chi connectivity index (χ2n) is 7.79. The maximum Gasteiger partial charge on any atom is 0.328 e. The number of benzene rings is 1. The van der Waals surface area contributed by atoms with Crippen LogP contribution in [0.2, 0.25) is 5.02 Å². The van der Waals surface area contributed by atoms with Crippen LogP contribution in [0, 0.1) is 13.8 Å². The van der Waals surface area contributed by atoms with Crippen LogP contribution in [0.5, 0.6) is 0 Å². The zero-order valence-corrected chi connectivity index (χ0v) is 19.1. The molecule has 1 aromatic carbocycles. The van der Waals surface area contributed by atoms with Gasteiger partial charge in [0, 0.05) is 36.9 Å². The van der Waals surface area contributed by atoms with Crippen LogP contribution in [-0.4, -0.2) is 64.6 Å². The molecule has 1 aliphatic rings. The van der Waals surface area contributed by atoms with Crippen molar-refractivity contribution in [3.05, 3.63) is 57.9 Å². The summed E-state index contributed by atoms with van der Waals surface area (Å²) in [7, 11) is 0. The minimum Gasteiger partial charge on any atom is -0.465 e. The van der Waals surface area contributed by atoms with Crippen molar-refractivity contribution < 1.29 is 18.8 Å². The summed E-state index contributed by atoms with van der Waals surface area (Å²) in [6.07, 6.45) is 0. The predicted octanol–water partition coefficient (Wildman–Crippen LogP) is 3.56. The standard InChI is InChI=1S/C23H25ClN4O4/c1-4-31-23(30)20(16-5-7-17(24)8-6-16)27-9-11-28(12-10-27)22(29)18-13-14(2)25-21-19(18)15(3)26-32-21/h5-8,13,20H,4,9-12H2,1-3H3. The van der Waals surface area contributed by atoms with Gasteiger partial charge >= 0.3 is 5.97 Å². The Kier molecular flexibility index (Phi) is 6.43. The van der Waals surface area contributed by atoms with Crippen LogP contribution in [0.15, 0.2) is 34.9 Å². The van der Waals surface area contributed by atoms with E-state index in [2.05, 4.69) is 10.1 Å². The Morgan fingerprint density at radius 2 is 1.84 bits per heavy atom. The highest BCUT2D eigenvalue weighted by Crippen LogP contribution is 2.27. The number of ether oxygens (including phenoxy) is 1. The van der Waals surface area contributed by atoms with Gasteiger partial charge in [-0.05, 0) is 44.5 Å². The van der Waals surface area contributed by atoms with Crippen LogP contribution >= 0.6 is 11.6 Å². The van der Waals surface area contributed by atoms with Crippen LogP contribution < -0.4 is 0 Å². The van der Waals surface area contributed by atoms with Crippen molar-refractivity contribution in [2.24, 2.45) is 0 Å². The van der Waals surface area contributed by atoms with Gasteiger partial charge in [0.2, 0.25) is 0 Å². The predicted molar refractivity (Wildman–Crippen MR) is 120 cm³/mol. The zero-order chi connectivity index (χ0) is 22.8. The molecule has 1 saturated heterocycles. The Balaban J connectivity index is 1.54. The van der Waals surface area contributed by atoms with Gasteiger partial charge in [0.05, 0.1) is 23.3 Å². The Hall–Kier alpha value is -2.97. The molecule has 3 aromatic rings. The van der Waals surface area contributed by atoms with Crippen molar-refractivity contribution in [3.63, 3.8) is 0 Å². The molecule has 0 N–H and O–H groups in total. The van der Waals surface area contributed by atoms with E-state index < -0.39 is 6.04 Å². The number of fused-ring (bicyclic) bond motifs is 1. The van der Waals surface area contributed by atoms with E-state index in [-0.39, 0.29) is 11.9 Å². The fourth-order valence-electron chi connectivity index (χ4n) is 4.10. The third kappa shape index (κ3) is 4.33. The molecule has 1 amide bonds. The van der Waals surface area contributed by atoms with Crippen molar-refractivity contribution >= 4 is 34.6 Å². The van der Waals surface area contributed by atoms with Crippen LogP contribution in [-0.2, 0) is 9.53 Å². The van der Waals surface area contributed by atoms with E-state index in [4.69, 9.17) is 20.9 Å². The lowest BCUT2D eigenvalue weighted by Gasteiger charge is -2.38. The van der Waals surface area contributed by atoms with Gasteiger partial charge in [-0.2, -0.15) is 0 Å². The maximum absolute atomic E-state index is 13.3. The summed E-state index contributed by atoms with van der Waals surface area (Å²) in [5.74, 6) is -0.396. The summed E-state index contributed by atoms with van der Waals surface area (Å²) in [6, 6.07) is 8.44. The number of piperazine rings is 1. The fourth-order valence-corrected chi connectivity index (χ4v) is 4.23. The Morgan fingerprint density at radius 3 is 2.50 bits per heavy atom. The molecule has 0 aliphatic carbocycles. The van der Waals surface area contributed by atoms with E-state index in [1.165, 1.54) is 0 Å². The first-order valence-electron chi connectivity index (χ1n) is 10.6. The second kappa shape index (κ2) is 9.26. The van der Waals surface area contributed by atoms with Crippen molar-refractivity contribution in [3.8, 4) is 0 Å². The lowest BCUT2D eigenvalue weighted by molar-refractivity contribution is -0.150. The third-order valence-corrected chi connectivity index (χ3v) is 5.89. The summed E-state index contributed by atoms with van der Waals surface area (Å²) < 4.78 is 10.6. The first kappa shape index (κ1) is 22.2. The van der Waals surface area contributed by atoms with Gasteiger partial charge in [0.1, 0.15) is 6.04 Å². The van der Waals surface area contributed by atoms with Gasteiger partial charge in [-0.3, -0.25) is 9.69 Å². The maximum atomic E-state index is 13.3. The summed E-state index contributed by atoms with van der Waals surface area (Å²) in [6.45, 7) is 7.75. The SMILES string of the molecule is CCOC(=O)C(c1ccc(Cl)cc1)N1CCN(C(=O)c2cc(C)nc3onc(C)c23)CC1. The average Bonchev–Trinajstić information content (AvgIpc) is 3.15. The topological polar surface area (TPSA) is 88.8 Å². The summed E-state index contributed by atoms with van der Waals surface area (Å²) in [5, 5.41) is 5.21. The summed E-state index contributed by atoms with van der Waals surface area (Å²) in [5.41, 5.74) is 3.06.